The topological polar surface area (TPSA) is 53.4 Å². The zero-order chi connectivity index (χ0) is 13.1. The molecule has 0 atom stereocenters. The van der Waals surface area contributed by atoms with Crippen molar-refractivity contribution in [2.45, 2.75) is 13.8 Å². The van der Waals surface area contributed by atoms with Gasteiger partial charge in [0.15, 0.2) is 5.13 Å². The molecule has 1 aromatic carbocycles. The van der Waals surface area contributed by atoms with Crippen molar-refractivity contribution in [3.8, 4) is 0 Å². The molecular weight excluding hydrogens is 248 g/mol. The number of carbonyl (C=O) groups is 1. The van der Waals surface area contributed by atoms with Gasteiger partial charge in [-0.05, 0) is 25.5 Å². The van der Waals surface area contributed by atoms with E-state index in [1.807, 2.05) is 43.0 Å². The number of carboxylic acid groups (broad SMARTS) is 1. The zero-order valence-electron chi connectivity index (χ0n) is 10.3. The molecular formula is C13H14N2O2S. The average Bonchev–Trinajstić information content (AvgIpc) is 2.82. The van der Waals surface area contributed by atoms with Crippen molar-refractivity contribution in [1.82, 2.24) is 4.98 Å². The number of thiazole rings is 1. The number of aromatic nitrogens is 1. The van der Waals surface area contributed by atoms with Gasteiger partial charge in [0, 0.05) is 12.2 Å². The highest BCUT2D eigenvalue weighted by molar-refractivity contribution is 7.17. The third kappa shape index (κ3) is 2.36. The molecule has 0 aliphatic heterocycles. The van der Waals surface area contributed by atoms with Gasteiger partial charge in [-0.1, -0.05) is 29.5 Å². The van der Waals surface area contributed by atoms with Gasteiger partial charge in [0.1, 0.15) is 4.88 Å². The smallest absolute Gasteiger partial charge is 0.347 e. The van der Waals surface area contributed by atoms with Gasteiger partial charge < -0.3 is 10.0 Å². The van der Waals surface area contributed by atoms with Gasteiger partial charge in [-0.25, -0.2) is 9.78 Å². The molecule has 0 radical (unpaired) electrons. The maximum absolute atomic E-state index is 10.9. The molecule has 0 saturated heterocycles. The maximum atomic E-state index is 10.9. The Morgan fingerprint density at radius 3 is 2.72 bits per heavy atom. The van der Waals surface area contributed by atoms with E-state index in [9.17, 15) is 4.79 Å². The standard InChI is InChI=1S/C13H14N2O2S/c1-3-15(10-7-5-4-6-9(10)2)13-14-8-11(18-13)12(16)17/h4-8H,3H2,1-2H3,(H,16,17). The summed E-state index contributed by atoms with van der Waals surface area (Å²) in [5.41, 5.74) is 2.21. The quantitative estimate of drug-likeness (QED) is 0.918. The lowest BCUT2D eigenvalue weighted by atomic mass is 10.2. The Kier molecular flexibility index (Phi) is 3.62. The van der Waals surface area contributed by atoms with Crippen LogP contribution >= 0.6 is 11.3 Å². The van der Waals surface area contributed by atoms with Crippen LogP contribution in [0.5, 0.6) is 0 Å². The summed E-state index contributed by atoms with van der Waals surface area (Å²) in [5, 5.41) is 9.64. The third-order valence-electron chi connectivity index (χ3n) is 2.66. The monoisotopic (exact) mass is 262 g/mol. The molecule has 1 N–H and O–H groups in total. The number of hydrogen-bond donors (Lipinski definition) is 1. The van der Waals surface area contributed by atoms with Gasteiger partial charge in [-0.3, -0.25) is 0 Å². The molecule has 2 rings (SSSR count). The highest BCUT2D eigenvalue weighted by Crippen LogP contribution is 2.31. The van der Waals surface area contributed by atoms with Crippen LogP contribution in [0.25, 0.3) is 0 Å². The second-order valence-corrected chi connectivity index (χ2v) is 4.85. The van der Waals surface area contributed by atoms with Crippen LogP contribution in [-0.2, 0) is 0 Å². The first kappa shape index (κ1) is 12.6. The van der Waals surface area contributed by atoms with Gasteiger partial charge in [0.2, 0.25) is 0 Å². The van der Waals surface area contributed by atoms with Gasteiger partial charge >= 0.3 is 5.97 Å². The first-order chi connectivity index (χ1) is 8.63. The molecule has 18 heavy (non-hydrogen) atoms. The Morgan fingerprint density at radius 2 is 2.17 bits per heavy atom. The summed E-state index contributed by atoms with van der Waals surface area (Å²) < 4.78 is 0. The normalized spacial score (nSPS) is 10.3. The van der Waals surface area contributed by atoms with E-state index in [-0.39, 0.29) is 4.88 Å². The molecule has 1 heterocycles. The molecule has 0 aliphatic carbocycles. The third-order valence-corrected chi connectivity index (χ3v) is 3.67. The summed E-state index contributed by atoms with van der Waals surface area (Å²) in [6.07, 6.45) is 1.41. The number of anilines is 2. The van der Waals surface area contributed by atoms with E-state index in [4.69, 9.17) is 5.11 Å². The van der Waals surface area contributed by atoms with Crippen LogP contribution in [0.4, 0.5) is 10.8 Å². The second kappa shape index (κ2) is 5.18. The maximum Gasteiger partial charge on any atom is 0.347 e. The van der Waals surface area contributed by atoms with Crippen LogP contribution in [0.15, 0.2) is 30.5 Å². The number of benzene rings is 1. The van der Waals surface area contributed by atoms with Gasteiger partial charge in [0.25, 0.3) is 0 Å². The SMILES string of the molecule is CCN(c1ncc(C(=O)O)s1)c1ccccc1C. The predicted octanol–water partition coefficient (Wildman–Crippen LogP) is 3.31. The lowest BCUT2D eigenvalue weighted by Crippen LogP contribution is -2.16. The minimum atomic E-state index is -0.931. The molecule has 0 fully saturated rings. The summed E-state index contributed by atoms with van der Waals surface area (Å²) >= 11 is 1.19. The summed E-state index contributed by atoms with van der Waals surface area (Å²) in [5.74, 6) is -0.931. The minimum absolute atomic E-state index is 0.261. The largest absolute Gasteiger partial charge is 0.477 e. The first-order valence-corrected chi connectivity index (χ1v) is 6.47. The number of aryl methyl sites for hydroxylation is 1. The Labute approximate surface area is 110 Å². The minimum Gasteiger partial charge on any atom is -0.477 e. The Balaban J connectivity index is 2.39. The van der Waals surface area contributed by atoms with E-state index < -0.39 is 5.97 Å². The number of hydrogen-bond acceptors (Lipinski definition) is 4. The van der Waals surface area contributed by atoms with Crippen molar-refractivity contribution < 1.29 is 9.90 Å². The number of para-hydroxylation sites is 1. The zero-order valence-corrected chi connectivity index (χ0v) is 11.1. The van der Waals surface area contributed by atoms with Crippen molar-refractivity contribution >= 4 is 28.1 Å². The van der Waals surface area contributed by atoms with E-state index in [0.717, 1.165) is 17.8 Å². The van der Waals surface area contributed by atoms with Gasteiger partial charge in [-0.2, -0.15) is 0 Å². The number of aromatic carboxylic acids is 1. The highest BCUT2D eigenvalue weighted by atomic mass is 32.1. The molecule has 0 amide bonds. The Hall–Kier alpha value is -1.88. The summed E-state index contributed by atoms with van der Waals surface area (Å²) in [6, 6.07) is 8.00. The first-order valence-electron chi connectivity index (χ1n) is 5.65. The van der Waals surface area contributed by atoms with Crippen LogP contribution in [-0.4, -0.2) is 22.6 Å². The Bertz CT molecular complexity index is 566. The van der Waals surface area contributed by atoms with Crippen LogP contribution in [0, 0.1) is 6.92 Å². The summed E-state index contributed by atoms with van der Waals surface area (Å²) in [7, 11) is 0. The highest BCUT2D eigenvalue weighted by Gasteiger charge is 2.15. The predicted molar refractivity (Wildman–Crippen MR) is 72.9 cm³/mol. The number of carboxylic acids is 1. The molecule has 0 saturated carbocycles. The number of nitrogens with zero attached hydrogens (tertiary/aromatic N) is 2. The van der Waals surface area contributed by atoms with Crippen molar-refractivity contribution in [3.63, 3.8) is 0 Å². The van der Waals surface area contributed by atoms with Gasteiger partial charge in [-0.15, -0.1) is 0 Å². The van der Waals surface area contributed by atoms with Crippen LogP contribution in [0.3, 0.4) is 0 Å². The van der Waals surface area contributed by atoms with E-state index in [1.54, 1.807) is 0 Å². The van der Waals surface area contributed by atoms with Crippen LogP contribution in [0.1, 0.15) is 22.2 Å². The van der Waals surface area contributed by atoms with Crippen LogP contribution in [0.2, 0.25) is 0 Å². The molecule has 5 heteroatoms. The fourth-order valence-electron chi connectivity index (χ4n) is 1.76. The summed E-state index contributed by atoms with van der Waals surface area (Å²) in [6.45, 7) is 4.80. The van der Waals surface area contributed by atoms with Gasteiger partial charge in [0.05, 0.1) is 6.20 Å². The molecule has 0 bridgehead atoms. The van der Waals surface area contributed by atoms with Crippen molar-refractivity contribution in [1.29, 1.82) is 0 Å². The lowest BCUT2D eigenvalue weighted by molar-refractivity contribution is 0.0702. The van der Waals surface area contributed by atoms with E-state index in [1.165, 1.54) is 17.5 Å². The van der Waals surface area contributed by atoms with E-state index >= 15 is 0 Å². The fourth-order valence-corrected chi connectivity index (χ4v) is 2.60. The molecule has 0 aliphatic rings. The van der Waals surface area contributed by atoms with Crippen molar-refractivity contribution in [2.75, 3.05) is 11.4 Å². The fraction of sp³-hybridized carbons (Fsp3) is 0.231. The number of rotatable bonds is 4. The molecule has 4 nitrogen and oxygen atoms in total. The molecule has 94 valence electrons. The molecule has 1 aromatic heterocycles. The van der Waals surface area contributed by atoms with Crippen LogP contribution < -0.4 is 4.90 Å². The molecule has 2 aromatic rings. The Morgan fingerprint density at radius 1 is 1.44 bits per heavy atom. The molecule has 0 unspecified atom stereocenters. The van der Waals surface area contributed by atoms with Crippen molar-refractivity contribution in [3.05, 3.63) is 40.9 Å². The second-order valence-electron chi connectivity index (χ2n) is 3.84. The average molecular weight is 262 g/mol. The van der Waals surface area contributed by atoms with Crippen molar-refractivity contribution in [2.24, 2.45) is 0 Å². The van der Waals surface area contributed by atoms with E-state index in [0.29, 0.717) is 5.13 Å². The van der Waals surface area contributed by atoms with E-state index in [2.05, 4.69) is 4.98 Å². The summed E-state index contributed by atoms with van der Waals surface area (Å²) in [4.78, 5) is 17.4. The lowest BCUT2D eigenvalue weighted by Gasteiger charge is -2.21. The molecule has 0 spiro atoms.